The Labute approximate surface area is 123 Å². The number of halogens is 1. The molecule has 0 aliphatic heterocycles. The molecule has 0 N–H and O–H groups in total. The molecule has 0 spiro atoms. The number of hydrogen-bond donors (Lipinski definition) is 0. The molecule has 2 rings (SSSR count). The lowest BCUT2D eigenvalue weighted by atomic mass is 10.2. The van der Waals surface area contributed by atoms with Crippen LogP contribution >= 0.6 is 11.6 Å². The molecule has 0 aliphatic carbocycles. The van der Waals surface area contributed by atoms with Crippen molar-refractivity contribution in [2.45, 2.75) is 6.54 Å². The van der Waals surface area contributed by atoms with Crippen molar-refractivity contribution in [3.8, 4) is 5.75 Å². The maximum Gasteiger partial charge on any atom is 0.407 e. The summed E-state index contributed by atoms with van der Waals surface area (Å²) in [6.45, 7) is 0.725. The van der Waals surface area contributed by atoms with E-state index >= 15 is 0 Å². The fourth-order valence-electron chi connectivity index (χ4n) is 2.01. The molecule has 0 fully saturated rings. The lowest BCUT2D eigenvalue weighted by Crippen LogP contribution is -2.17. The van der Waals surface area contributed by atoms with Crippen LogP contribution in [0.4, 0.5) is 11.4 Å². The fourth-order valence-corrected chi connectivity index (χ4v) is 2.21. The van der Waals surface area contributed by atoms with Crippen molar-refractivity contribution in [2.24, 2.45) is 0 Å². The van der Waals surface area contributed by atoms with Crippen LogP contribution in [0, 0.1) is 5.39 Å². The molecule has 2 aromatic rings. The third-order valence-electron chi connectivity index (χ3n) is 3.03. The van der Waals surface area contributed by atoms with E-state index in [1.54, 1.807) is 19.2 Å². The average Bonchev–Trinajstić information content (AvgIpc) is 2.48. The summed E-state index contributed by atoms with van der Waals surface area (Å²) in [5.74, 6) is 0.612. The van der Waals surface area contributed by atoms with Crippen molar-refractivity contribution in [1.29, 1.82) is 5.39 Å². The van der Waals surface area contributed by atoms with Gasteiger partial charge in [-0.25, -0.2) is 0 Å². The van der Waals surface area contributed by atoms with Crippen molar-refractivity contribution < 1.29 is 4.74 Å². The molecule has 0 heterocycles. The molecule has 0 saturated carbocycles. The van der Waals surface area contributed by atoms with Crippen LogP contribution in [0.15, 0.2) is 42.5 Å². The van der Waals surface area contributed by atoms with Crippen LogP contribution in [-0.4, -0.2) is 14.2 Å². The fraction of sp³-hybridized carbons (Fsp3) is 0.200. The zero-order valence-corrected chi connectivity index (χ0v) is 12.1. The smallest absolute Gasteiger partial charge is 0.407 e. The first-order valence-electron chi connectivity index (χ1n) is 6.13. The minimum Gasteiger partial charge on any atom is -0.494 e. The van der Waals surface area contributed by atoms with Crippen LogP contribution in [0.5, 0.6) is 5.75 Å². The van der Waals surface area contributed by atoms with E-state index in [0.29, 0.717) is 16.5 Å². The van der Waals surface area contributed by atoms with Gasteiger partial charge >= 0.3 is 5.69 Å². The average molecular weight is 289 g/mol. The van der Waals surface area contributed by atoms with Crippen molar-refractivity contribution in [2.75, 3.05) is 19.1 Å². The minimum absolute atomic E-state index is 0.292. The Hall–Kier alpha value is -2.25. The predicted octanol–water partition coefficient (Wildman–Crippen LogP) is 4.47. The molecule has 5 heteroatoms. The topological polar surface area (TPSA) is 40.6 Å². The number of rotatable bonds is 4. The van der Waals surface area contributed by atoms with Gasteiger partial charge in [-0.2, -0.15) is 0 Å². The lowest BCUT2D eigenvalue weighted by Gasteiger charge is -2.21. The third kappa shape index (κ3) is 3.01. The Morgan fingerprint density at radius 3 is 2.55 bits per heavy atom. The summed E-state index contributed by atoms with van der Waals surface area (Å²) < 4.78 is 5.33. The Morgan fingerprint density at radius 2 is 1.95 bits per heavy atom. The van der Waals surface area contributed by atoms with Crippen LogP contribution in [-0.2, 0) is 6.54 Å². The van der Waals surface area contributed by atoms with Gasteiger partial charge in [0.1, 0.15) is 10.8 Å². The third-order valence-corrected chi connectivity index (χ3v) is 3.33. The molecule has 0 bridgehead atoms. The number of nitrogens with zero attached hydrogens (tertiary/aromatic N) is 3. The standard InChI is InChI=1S/C15H15ClN3O/c1-19(10-11-6-4-3-5-7-11)14-8-12(16)13(18-17)9-15(14)20-2/h3-9H,10H2,1-2H3/q+1. The number of diazo groups is 1. The monoisotopic (exact) mass is 288 g/mol. The number of anilines is 1. The molecule has 102 valence electrons. The van der Waals surface area contributed by atoms with E-state index in [-0.39, 0.29) is 0 Å². The van der Waals surface area contributed by atoms with Gasteiger partial charge in [0.2, 0.25) is 5.39 Å². The highest BCUT2D eigenvalue weighted by atomic mass is 35.5. The number of ether oxygens (including phenoxy) is 1. The molecule has 0 atom stereocenters. The minimum atomic E-state index is 0.292. The van der Waals surface area contributed by atoms with Crippen molar-refractivity contribution in [3.63, 3.8) is 0 Å². The largest absolute Gasteiger partial charge is 0.494 e. The highest BCUT2D eigenvalue weighted by Gasteiger charge is 2.19. The molecule has 20 heavy (non-hydrogen) atoms. The van der Waals surface area contributed by atoms with Crippen LogP contribution in [0.25, 0.3) is 4.98 Å². The van der Waals surface area contributed by atoms with E-state index in [0.717, 1.165) is 12.2 Å². The van der Waals surface area contributed by atoms with Gasteiger partial charge in [-0.3, -0.25) is 0 Å². The van der Waals surface area contributed by atoms with Crippen LogP contribution in [0.2, 0.25) is 5.02 Å². The summed E-state index contributed by atoms with van der Waals surface area (Å²) in [7, 11) is 3.53. The maximum atomic E-state index is 8.87. The molecule has 0 amide bonds. The Morgan fingerprint density at radius 1 is 1.25 bits per heavy atom. The van der Waals surface area contributed by atoms with Gasteiger partial charge in [-0.05, 0) is 11.6 Å². The Bertz CT molecular complexity index is 638. The van der Waals surface area contributed by atoms with Crippen molar-refractivity contribution in [1.82, 2.24) is 0 Å². The molecule has 0 aliphatic rings. The number of methoxy groups -OCH3 is 1. The second-order valence-electron chi connectivity index (χ2n) is 4.42. The molecular weight excluding hydrogens is 274 g/mol. The summed E-state index contributed by atoms with van der Waals surface area (Å²) in [6, 6.07) is 13.4. The predicted molar refractivity (Wildman–Crippen MR) is 81.3 cm³/mol. The van der Waals surface area contributed by atoms with E-state index in [2.05, 4.69) is 17.1 Å². The van der Waals surface area contributed by atoms with Gasteiger partial charge in [-0.1, -0.05) is 41.9 Å². The molecule has 4 nitrogen and oxygen atoms in total. The molecule has 0 saturated heterocycles. The summed E-state index contributed by atoms with van der Waals surface area (Å²) in [5, 5.41) is 9.25. The second kappa shape index (κ2) is 6.27. The van der Waals surface area contributed by atoms with E-state index < -0.39 is 0 Å². The van der Waals surface area contributed by atoms with Crippen molar-refractivity contribution in [3.05, 3.63) is 58.0 Å². The normalized spacial score (nSPS) is 9.90. The summed E-state index contributed by atoms with van der Waals surface area (Å²) >= 11 is 6.07. The first-order chi connectivity index (χ1) is 9.65. The molecule has 0 aromatic heterocycles. The first kappa shape index (κ1) is 14.2. The van der Waals surface area contributed by atoms with Gasteiger partial charge in [-0.15, -0.1) is 0 Å². The molecule has 0 radical (unpaired) electrons. The molecule has 2 aromatic carbocycles. The molecular formula is C15H15ClN3O+. The van der Waals surface area contributed by atoms with E-state index in [4.69, 9.17) is 21.7 Å². The van der Waals surface area contributed by atoms with Gasteiger partial charge < -0.3 is 9.64 Å². The van der Waals surface area contributed by atoms with Gasteiger partial charge in [0.15, 0.2) is 4.98 Å². The highest BCUT2D eigenvalue weighted by Crippen LogP contribution is 2.38. The van der Waals surface area contributed by atoms with Crippen molar-refractivity contribution >= 4 is 23.0 Å². The zero-order valence-electron chi connectivity index (χ0n) is 11.4. The quantitative estimate of drug-likeness (QED) is 0.779. The van der Waals surface area contributed by atoms with Gasteiger partial charge in [0.05, 0.1) is 18.9 Å². The van der Waals surface area contributed by atoms with Gasteiger partial charge in [0.25, 0.3) is 0 Å². The Kier molecular flexibility index (Phi) is 4.44. The highest BCUT2D eigenvalue weighted by molar-refractivity contribution is 6.33. The van der Waals surface area contributed by atoms with E-state index in [1.807, 2.05) is 30.1 Å². The number of hydrogen-bond acceptors (Lipinski definition) is 3. The lowest BCUT2D eigenvalue weighted by molar-refractivity contribution is 0.415. The molecule has 0 unspecified atom stereocenters. The Balaban J connectivity index is 2.32. The summed E-state index contributed by atoms with van der Waals surface area (Å²) in [4.78, 5) is 5.16. The SMILES string of the molecule is COc1cc([N+]#N)c(Cl)cc1N(C)Cc1ccccc1. The summed E-state index contributed by atoms with van der Waals surface area (Å²) in [5.41, 5.74) is 2.32. The first-order valence-corrected chi connectivity index (χ1v) is 6.51. The number of benzene rings is 2. The second-order valence-corrected chi connectivity index (χ2v) is 4.82. The van der Waals surface area contributed by atoms with Crippen LogP contribution < -0.4 is 9.64 Å². The summed E-state index contributed by atoms with van der Waals surface area (Å²) in [6.07, 6.45) is 0. The maximum absolute atomic E-state index is 8.87. The van der Waals surface area contributed by atoms with Crippen LogP contribution in [0.1, 0.15) is 5.56 Å². The van der Waals surface area contributed by atoms with E-state index in [9.17, 15) is 0 Å². The van der Waals surface area contributed by atoms with Crippen LogP contribution in [0.3, 0.4) is 0 Å². The van der Waals surface area contributed by atoms with E-state index in [1.165, 1.54) is 5.56 Å². The zero-order chi connectivity index (χ0) is 14.5. The van der Waals surface area contributed by atoms with Gasteiger partial charge in [0, 0.05) is 13.6 Å².